The SMILES string of the molecule is O=C(Nc1ccccc1)c1cc(Nc2ccc3c(c2)OCCO3)ccn1. The standard InChI is InChI=1S/C20H17N3O3/c24-20(23-14-4-2-1-3-5-14)17-12-16(8-9-21-17)22-15-6-7-18-19(13-15)26-11-10-25-18/h1-9,12-13H,10-11H2,(H,21,22)(H,23,24). The highest BCUT2D eigenvalue weighted by Crippen LogP contribution is 2.33. The van der Waals surface area contributed by atoms with Crippen LogP contribution < -0.4 is 20.1 Å². The summed E-state index contributed by atoms with van der Waals surface area (Å²) in [5.74, 6) is 1.18. The number of nitrogens with one attached hydrogen (secondary N) is 2. The molecule has 2 N–H and O–H groups in total. The third kappa shape index (κ3) is 3.59. The maximum Gasteiger partial charge on any atom is 0.274 e. The Morgan fingerprint density at radius 3 is 2.46 bits per heavy atom. The van der Waals surface area contributed by atoms with Crippen molar-refractivity contribution in [1.82, 2.24) is 4.98 Å². The molecule has 1 aromatic heterocycles. The van der Waals surface area contributed by atoms with Gasteiger partial charge in [0.1, 0.15) is 18.9 Å². The van der Waals surface area contributed by atoms with E-state index in [9.17, 15) is 4.79 Å². The molecule has 2 heterocycles. The van der Waals surface area contributed by atoms with Gasteiger partial charge in [-0.1, -0.05) is 18.2 Å². The number of benzene rings is 2. The topological polar surface area (TPSA) is 72.5 Å². The quantitative estimate of drug-likeness (QED) is 0.750. The Morgan fingerprint density at radius 2 is 1.62 bits per heavy atom. The zero-order valence-corrected chi connectivity index (χ0v) is 13.9. The molecule has 6 heteroatoms. The van der Waals surface area contributed by atoms with E-state index in [0.29, 0.717) is 24.7 Å². The van der Waals surface area contributed by atoms with Crippen molar-refractivity contribution in [2.24, 2.45) is 0 Å². The van der Waals surface area contributed by atoms with E-state index in [-0.39, 0.29) is 5.91 Å². The molecule has 6 nitrogen and oxygen atoms in total. The molecule has 2 aromatic carbocycles. The van der Waals surface area contributed by atoms with E-state index < -0.39 is 0 Å². The molecule has 3 aromatic rings. The molecule has 1 amide bonds. The number of rotatable bonds is 4. The number of hydrogen-bond donors (Lipinski definition) is 2. The minimum absolute atomic E-state index is 0.262. The van der Waals surface area contributed by atoms with Crippen LogP contribution in [0.3, 0.4) is 0 Å². The van der Waals surface area contributed by atoms with Crippen molar-refractivity contribution in [1.29, 1.82) is 0 Å². The highest BCUT2D eigenvalue weighted by atomic mass is 16.6. The molecule has 26 heavy (non-hydrogen) atoms. The molecule has 130 valence electrons. The smallest absolute Gasteiger partial charge is 0.274 e. The number of fused-ring (bicyclic) bond motifs is 1. The average Bonchev–Trinajstić information content (AvgIpc) is 2.69. The summed E-state index contributed by atoms with van der Waals surface area (Å²) in [6.07, 6.45) is 1.60. The normalized spacial score (nSPS) is 12.3. The van der Waals surface area contributed by atoms with Crippen LogP contribution in [0, 0.1) is 0 Å². The van der Waals surface area contributed by atoms with Crippen LogP contribution >= 0.6 is 0 Å². The van der Waals surface area contributed by atoms with Gasteiger partial charge in [0.2, 0.25) is 0 Å². The van der Waals surface area contributed by atoms with Gasteiger partial charge in [0.25, 0.3) is 5.91 Å². The second-order valence-electron chi connectivity index (χ2n) is 5.73. The minimum Gasteiger partial charge on any atom is -0.486 e. The summed E-state index contributed by atoms with van der Waals surface area (Å²) >= 11 is 0. The second-order valence-corrected chi connectivity index (χ2v) is 5.73. The zero-order chi connectivity index (χ0) is 17.8. The van der Waals surface area contributed by atoms with Crippen molar-refractivity contribution in [3.05, 3.63) is 72.6 Å². The lowest BCUT2D eigenvalue weighted by Crippen LogP contribution is -2.15. The number of hydrogen-bond acceptors (Lipinski definition) is 5. The number of nitrogens with zero attached hydrogens (tertiary/aromatic N) is 1. The van der Waals surface area contributed by atoms with Gasteiger partial charge in [0.15, 0.2) is 11.5 Å². The molecule has 0 unspecified atom stereocenters. The lowest BCUT2D eigenvalue weighted by Gasteiger charge is -2.19. The van der Waals surface area contributed by atoms with Gasteiger partial charge in [0.05, 0.1) is 0 Å². The van der Waals surface area contributed by atoms with Crippen molar-refractivity contribution >= 4 is 23.0 Å². The molecule has 0 aliphatic carbocycles. The molecule has 0 radical (unpaired) electrons. The fourth-order valence-corrected chi connectivity index (χ4v) is 2.64. The summed E-state index contributed by atoms with van der Waals surface area (Å²) in [6.45, 7) is 1.10. The van der Waals surface area contributed by atoms with Gasteiger partial charge in [-0.3, -0.25) is 9.78 Å². The van der Waals surface area contributed by atoms with Gasteiger partial charge in [0, 0.05) is 29.3 Å². The van der Waals surface area contributed by atoms with Crippen LogP contribution in [0.2, 0.25) is 0 Å². The fraction of sp³-hybridized carbons (Fsp3) is 0.100. The third-order valence-electron chi connectivity index (χ3n) is 3.86. The summed E-state index contributed by atoms with van der Waals surface area (Å²) in [5.41, 5.74) is 2.66. The molecule has 1 aliphatic rings. The number of para-hydroxylation sites is 1. The Labute approximate surface area is 150 Å². The molecule has 0 saturated carbocycles. The molecular formula is C20H17N3O3. The lowest BCUT2D eigenvalue weighted by molar-refractivity contribution is 0.102. The molecule has 0 saturated heterocycles. The van der Waals surface area contributed by atoms with Gasteiger partial charge >= 0.3 is 0 Å². The van der Waals surface area contributed by atoms with Gasteiger partial charge < -0.3 is 20.1 Å². The van der Waals surface area contributed by atoms with Crippen molar-refractivity contribution in [3.63, 3.8) is 0 Å². The summed E-state index contributed by atoms with van der Waals surface area (Å²) < 4.78 is 11.1. The van der Waals surface area contributed by atoms with E-state index in [1.54, 1.807) is 18.3 Å². The van der Waals surface area contributed by atoms with Gasteiger partial charge in [-0.2, -0.15) is 0 Å². The fourth-order valence-electron chi connectivity index (χ4n) is 2.64. The van der Waals surface area contributed by atoms with Crippen LogP contribution in [-0.2, 0) is 0 Å². The average molecular weight is 347 g/mol. The maximum absolute atomic E-state index is 12.4. The van der Waals surface area contributed by atoms with Crippen LogP contribution in [0.4, 0.5) is 17.1 Å². The third-order valence-corrected chi connectivity index (χ3v) is 3.86. The van der Waals surface area contributed by atoms with Crippen molar-refractivity contribution in [2.45, 2.75) is 0 Å². The first-order valence-electron chi connectivity index (χ1n) is 8.27. The van der Waals surface area contributed by atoms with Crippen molar-refractivity contribution in [3.8, 4) is 11.5 Å². The molecule has 0 fully saturated rings. The van der Waals surface area contributed by atoms with Crippen LogP contribution in [-0.4, -0.2) is 24.1 Å². The number of carbonyl (C=O) groups excluding carboxylic acids is 1. The first-order valence-corrected chi connectivity index (χ1v) is 8.27. The summed E-state index contributed by atoms with van der Waals surface area (Å²) in [5, 5.41) is 6.08. The van der Waals surface area contributed by atoms with Crippen LogP contribution in [0.15, 0.2) is 66.9 Å². The molecule has 0 spiro atoms. The highest BCUT2D eigenvalue weighted by molar-refractivity contribution is 6.03. The van der Waals surface area contributed by atoms with Gasteiger partial charge in [-0.15, -0.1) is 0 Å². The van der Waals surface area contributed by atoms with E-state index >= 15 is 0 Å². The van der Waals surface area contributed by atoms with E-state index in [1.165, 1.54) is 0 Å². The molecular weight excluding hydrogens is 330 g/mol. The van der Waals surface area contributed by atoms with E-state index in [4.69, 9.17) is 9.47 Å². The summed E-state index contributed by atoms with van der Waals surface area (Å²) in [7, 11) is 0. The minimum atomic E-state index is -0.262. The van der Waals surface area contributed by atoms with E-state index in [2.05, 4.69) is 15.6 Å². The predicted molar refractivity (Wildman–Crippen MR) is 99.3 cm³/mol. The highest BCUT2D eigenvalue weighted by Gasteiger charge is 2.12. The first kappa shape index (κ1) is 16.0. The Balaban J connectivity index is 1.50. The maximum atomic E-state index is 12.4. The largest absolute Gasteiger partial charge is 0.486 e. The van der Waals surface area contributed by atoms with Crippen molar-refractivity contribution in [2.75, 3.05) is 23.8 Å². The number of ether oxygens (including phenoxy) is 2. The Kier molecular flexibility index (Phi) is 4.38. The monoisotopic (exact) mass is 347 g/mol. The van der Waals surface area contributed by atoms with Gasteiger partial charge in [-0.25, -0.2) is 0 Å². The molecule has 0 bridgehead atoms. The van der Waals surface area contributed by atoms with E-state index in [1.807, 2.05) is 48.5 Å². The van der Waals surface area contributed by atoms with Gasteiger partial charge in [-0.05, 0) is 36.4 Å². The summed E-state index contributed by atoms with van der Waals surface area (Å²) in [4.78, 5) is 16.5. The van der Waals surface area contributed by atoms with Crippen LogP contribution in [0.25, 0.3) is 0 Å². The molecule has 0 atom stereocenters. The zero-order valence-electron chi connectivity index (χ0n) is 13.9. The van der Waals surface area contributed by atoms with Crippen LogP contribution in [0.5, 0.6) is 11.5 Å². The Hall–Kier alpha value is -3.54. The lowest BCUT2D eigenvalue weighted by atomic mass is 10.2. The Bertz CT molecular complexity index is 929. The van der Waals surface area contributed by atoms with Crippen LogP contribution in [0.1, 0.15) is 10.5 Å². The predicted octanol–water partition coefficient (Wildman–Crippen LogP) is 3.85. The first-order chi connectivity index (χ1) is 12.8. The molecule has 4 rings (SSSR count). The number of aromatic nitrogens is 1. The number of carbonyl (C=O) groups is 1. The summed E-state index contributed by atoms with van der Waals surface area (Å²) in [6, 6.07) is 18.4. The number of pyridine rings is 1. The number of anilines is 3. The second kappa shape index (κ2) is 7.14. The van der Waals surface area contributed by atoms with Crippen molar-refractivity contribution < 1.29 is 14.3 Å². The number of amides is 1. The molecule has 1 aliphatic heterocycles. The van der Waals surface area contributed by atoms with E-state index in [0.717, 1.165) is 22.8 Å². The Morgan fingerprint density at radius 1 is 0.846 bits per heavy atom.